The molecule has 6 heteroatoms. The van der Waals surface area contributed by atoms with Crippen LogP contribution in [-0.4, -0.2) is 16.7 Å². The average Bonchev–Trinajstić information content (AvgIpc) is 2.80. The van der Waals surface area contributed by atoms with Crippen LogP contribution in [0.15, 0.2) is 22.7 Å². The quantitative estimate of drug-likeness (QED) is 0.905. The van der Waals surface area contributed by atoms with Gasteiger partial charge in [0, 0.05) is 24.9 Å². The predicted octanol–water partition coefficient (Wildman–Crippen LogP) is 2.00. The van der Waals surface area contributed by atoms with Crippen molar-refractivity contribution in [1.29, 1.82) is 0 Å². The Morgan fingerprint density at radius 1 is 1.39 bits per heavy atom. The van der Waals surface area contributed by atoms with Crippen molar-refractivity contribution in [1.82, 2.24) is 10.1 Å². The first-order valence-corrected chi connectivity index (χ1v) is 5.56. The summed E-state index contributed by atoms with van der Waals surface area (Å²) in [4.78, 5) is 4.12. The highest BCUT2D eigenvalue weighted by Gasteiger charge is 2.14. The molecule has 2 aromatic rings. The van der Waals surface area contributed by atoms with Crippen molar-refractivity contribution in [3.63, 3.8) is 0 Å². The number of aromatic nitrogens is 2. The monoisotopic (exact) mass is 253 g/mol. The van der Waals surface area contributed by atoms with Crippen LogP contribution in [0.1, 0.15) is 30.1 Å². The van der Waals surface area contributed by atoms with Crippen LogP contribution in [0.4, 0.5) is 8.78 Å². The highest BCUT2D eigenvalue weighted by atomic mass is 19.1. The molecule has 0 spiro atoms. The lowest BCUT2D eigenvalue weighted by atomic mass is 10.1. The van der Waals surface area contributed by atoms with E-state index in [1.807, 2.05) is 6.92 Å². The third kappa shape index (κ3) is 2.70. The van der Waals surface area contributed by atoms with Crippen LogP contribution >= 0.6 is 0 Å². The molecule has 2 N–H and O–H groups in total. The van der Waals surface area contributed by atoms with E-state index in [1.165, 1.54) is 12.1 Å². The molecule has 0 saturated carbocycles. The Morgan fingerprint density at radius 3 is 2.83 bits per heavy atom. The number of halogens is 2. The number of hydrogen-bond donors (Lipinski definition) is 1. The molecule has 0 bridgehead atoms. The lowest BCUT2D eigenvalue weighted by molar-refractivity contribution is 0.357. The van der Waals surface area contributed by atoms with Crippen LogP contribution in [-0.2, 0) is 6.42 Å². The summed E-state index contributed by atoms with van der Waals surface area (Å²) in [5.41, 5.74) is 5.80. The zero-order valence-corrected chi connectivity index (χ0v) is 9.86. The fraction of sp³-hybridized carbons (Fsp3) is 0.333. The van der Waals surface area contributed by atoms with Gasteiger partial charge < -0.3 is 10.3 Å². The molecular formula is C12H13F2N3O. The Morgan fingerprint density at radius 2 is 2.17 bits per heavy atom. The zero-order chi connectivity index (χ0) is 13.1. The van der Waals surface area contributed by atoms with Gasteiger partial charge in [-0.3, -0.25) is 0 Å². The molecule has 1 aromatic heterocycles. The van der Waals surface area contributed by atoms with Gasteiger partial charge in [0.1, 0.15) is 11.6 Å². The standard InChI is InChI=1S/C12H13F2N3O/c1-7(6-15)12-16-11(17-18-12)4-8-2-3-9(13)5-10(8)14/h2-3,5,7H,4,6,15H2,1H3. The van der Waals surface area contributed by atoms with E-state index < -0.39 is 11.6 Å². The second-order valence-corrected chi connectivity index (χ2v) is 4.10. The van der Waals surface area contributed by atoms with Crippen molar-refractivity contribution in [2.24, 2.45) is 5.73 Å². The van der Waals surface area contributed by atoms with E-state index in [1.54, 1.807) is 0 Å². The molecule has 0 saturated heterocycles. The third-order valence-electron chi connectivity index (χ3n) is 2.62. The van der Waals surface area contributed by atoms with E-state index in [9.17, 15) is 8.78 Å². The van der Waals surface area contributed by atoms with Crippen molar-refractivity contribution in [3.05, 3.63) is 47.1 Å². The van der Waals surface area contributed by atoms with Crippen molar-refractivity contribution in [2.45, 2.75) is 19.3 Å². The van der Waals surface area contributed by atoms with Gasteiger partial charge in [0.2, 0.25) is 5.89 Å². The second-order valence-electron chi connectivity index (χ2n) is 4.10. The molecule has 0 radical (unpaired) electrons. The second kappa shape index (κ2) is 5.22. The van der Waals surface area contributed by atoms with Gasteiger partial charge in [0.15, 0.2) is 5.82 Å². The lowest BCUT2D eigenvalue weighted by Crippen LogP contribution is -2.09. The zero-order valence-electron chi connectivity index (χ0n) is 9.86. The highest BCUT2D eigenvalue weighted by molar-refractivity contribution is 5.21. The number of rotatable bonds is 4. The topological polar surface area (TPSA) is 64.9 Å². The molecule has 1 aromatic carbocycles. The smallest absolute Gasteiger partial charge is 0.230 e. The van der Waals surface area contributed by atoms with Gasteiger partial charge in [-0.05, 0) is 11.6 Å². The molecular weight excluding hydrogens is 240 g/mol. The summed E-state index contributed by atoms with van der Waals surface area (Å²) in [6, 6.07) is 3.40. The molecule has 1 unspecified atom stereocenters. The SMILES string of the molecule is CC(CN)c1nc(Cc2ccc(F)cc2F)no1. The molecule has 2 rings (SSSR count). The third-order valence-corrected chi connectivity index (χ3v) is 2.62. The van der Waals surface area contributed by atoms with Gasteiger partial charge in [0.05, 0.1) is 0 Å². The van der Waals surface area contributed by atoms with E-state index in [2.05, 4.69) is 10.1 Å². The maximum atomic E-state index is 13.4. The van der Waals surface area contributed by atoms with Crippen LogP contribution in [0, 0.1) is 11.6 Å². The number of benzene rings is 1. The van der Waals surface area contributed by atoms with E-state index in [0.717, 1.165) is 6.07 Å². The Balaban J connectivity index is 2.16. The number of hydrogen-bond acceptors (Lipinski definition) is 4. The van der Waals surface area contributed by atoms with E-state index in [-0.39, 0.29) is 12.3 Å². The maximum Gasteiger partial charge on any atom is 0.230 e. The summed E-state index contributed by atoms with van der Waals surface area (Å²) in [5.74, 6) is -0.481. The van der Waals surface area contributed by atoms with Gasteiger partial charge in [0.25, 0.3) is 0 Å². The molecule has 96 valence electrons. The predicted molar refractivity (Wildman–Crippen MR) is 60.9 cm³/mol. The highest BCUT2D eigenvalue weighted by Crippen LogP contribution is 2.15. The van der Waals surface area contributed by atoms with Crippen LogP contribution < -0.4 is 5.73 Å². The minimum absolute atomic E-state index is 0.0377. The first-order valence-electron chi connectivity index (χ1n) is 5.56. The molecule has 0 fully saturated rings. The van der Waals surface area contributed by atoms with Crippen LogP contribution in [0.5, 0.6) is 0 Å². The molecule has 0 aliphatic heterocycles. The molecule has 0 amide bonds. The number of nitrogens with two attached hydrogens (primary N) is 1. The molecule has 18 heavy (non-hydrogen) atoms. The maximum absolute atomic E-state index is 13.4. The number of nitrogens with zero attached hydrogens (tertiary/aromatic N) is 2. The van der Waals surface area contributed by atoms with Gasteiger partial charge >= 0.3 is 0 Å². The van der Waals surface area contributed by atoms with Crippen molar-refractivity contribution in [2.75, 3.05) is 6.54 Å². The first kappa shape index (κ1) is 12.6. The van der Waals surface area contributed by atoms with Crippen LogP contribution in [0.3, 0.4) is 0 Å². The molecule has 1 heterocycles. The largest absolute Gasteiger partial charge is 0.339 e. The average molecular weight is 253 g/mol. The van der Waals surface area contributed by atoms with Crippen LogP contribution in [0.2, 0.25) is 0 Å². The van der Waals surface area contributed by atoms with Crippen molar-refractivity contribution >= 4 is 0 Å². The van der Waals surface area contributed by atoms with Gasteiger partial charge in [-0.1, -0.05) is 18.1 Å². The Bertz CT molecular complexity index is 542. The van der Waals surface area contributed by atoms with Crippen molar-refractivity contribution in [3.8, 4) is 0 Å². The van der Waals surface area contributed by atoms with Gasteiger partial charge in [-0.2, -0.15) is 4.98 Å². The summed E-state index contributed by atoms with van der Waals surface area (Å²) in [5, 5.41) is 3.74. The fourth-order valence-corrected chi connectivity index (χ4v) is 1.48. The van der Waals surface area contributed by atoms with E-state index >= 15 is 0 Å². The summed E-state index contributed by atoms with van der Waals surface area (Å²) >= 11 is 0. The Kier molecular flexibility index (Phi) is 3.66. The first-order chi connectivity index (χ1) is 8.60. The molecule has 0 aliphatic rings. The summed E-state index contributed by atoms with van der Waals surface area (Å²) in [6.07, 6.45) is 0.160. The summed E-state index contributed by atoms with van der Waals surface area (Å²) in [7, 11) is 0. The van der Waals surface area contributed by atoms with E-state index in [0.29, 0.717) is 23.8 Å². The minimum atomic E-state index is -0.617. The lowest BCUT2D eigenvalue weighted by Gasteiger charge is -2.00. The Hall–Kier alpha value is -1.82. The minimum Gasteiger partial charge on any atom is -0.339 e. The molecule has 0 aliphatic carbocycles. The van der Waals surface area contributed by atoms with Crippen LogP contribution in [0.25, 0.3) is 0 Å². The molecule has 1 atom stereocenters. The summed E-state index contributed by atoms with van der Waals surface area (Å²) < 4.78 is 31.2. The van der Waals surface area contributed by atoms with Gasteiger partial charge in [-0.15, -0.1) is 0 Å². The van der Waals surface area contributed by atoms with E-state index in [4.69, 9.17) is 10.3 Å². The molecule has 4 nitrogen and oxygen atoms in total. The normalized spacial score (nSPS) is 12.7. The summed E-state index contributed by atoms with van der Waals surface area (Å²) in [6.45, 7) is 2.25. The van der Waals surface area contributed by atoms with Crippen molar-refractivity contribution < 1.29 is 13.3 Å². The Labute approximate surface area is 103 Å². The van der Waals surface area contributed by atoms with Gasteiger partial charge in [-0.25, -0.2) is 8.78 Å². The fourth-order valence-electron chi connectivity index (χ4n) is 1.48.